The second kappa shape index (κ2) is 7.23. The van der Waals surface area contributed by atoms with Crippen LogP contribution < -0.4 is 5.56 Å². The molecule has 1 aromatic heterocycles. The van der Waals surface area contributed by atoms with Crippen molar-refractivity contribution in [2.45, 2.75) is 39.2 Å². The van der Waals surface area contributed by atoms with E-state index in [9.17, 15) is 4.79 Å². The summed E-state index contributed by atoms with van der Waals surface area (Å²) in [4.78, 5) is 20.1. The molecule has 0 radical (unpaired) electrons. The number of aromatic nitrogens is 1. The standard InChI is InChI=1S/C25H26N2O/c1-4-21-20-14-17(2)16-25(21,22-11-12-24(28)27-23(22)15-20)26-13-7-10-19-9-6-5-8-18(19)3/h4-14,20H,15-16H2,1-3H3,(H,27,28)/b10-7+,21-4+,26-13+/t20-,25+/m0/s1. The quantitative estimate of drug-likeness (QED) is 0.591. The zero-order chi connectivity index (χ0) is 19.7. The number of nitrogens with one attached hydrogen (secondary N) is 1. The number of benzene rings is 1. The number of aryl methyl sites for hydroxylation is 1. The Morgan fingerprint density at radius 3 is 2.79 bits per heavy atom. The normalized spacial score (nSPS) is 25.3. The van der Waals surface area contributed by atoms with Crippen molar-refractivity contribution in [3.8, 4) is 0 Å². The highest BCUT2D eigenvalue weighted by Crippen LogP contribution is 2.51. The molecule has 0 amide bonds. The summed E-state index contributed by atoms with van der Waals surface area (Å²) in [7, 11) is 0. The second-order valence-electron chi connectivity index (χ2n) is 7.81. The van der Waals surface area contributed by atoms with Gasteiger partial charge in [0.05, 0.1) is 0 Å². The van der Waals surface area contributed by atoms with Gasteiger partial charge in [-0.25, -0.2) is 0 Å². The Hall–Kier alpha value is -2.94. The maximum absolute atomic E-state index is 11.9. The molecule has 1 heterocycles. The Bertz CT molecular complexity index is 1080. The Balaban J connectivity index is 1.78. The van der Waals surface area contributed by atoms with Crippen LogP contribution in [0.15, 0.2) is 75.6 Å². The van der Waals surface area contributed by atoms with Crippen molar-refractivity contribution >= 4 is 12.3 Å². The summed E-state index contributed by atoms with van der Waals surface area (Å²) in [5.41, 5.74) is 6.81. The van der Waals surface area contributed by atoms with Crippen LogP contribution >= 0.6 is 0 Å². The molecule has 3 heteroatoms. The van der Waals surface area contributed by atoms with Crippen LogP contribution in [0.25, 0.3) is 6.08 Å². The third-order valence-electron chi connectivity index (χ3n) is 5.92. The highest BCUT2D eigenvalue weighted by molar-refractivity contribution is 5.79. The number of hydrogen-bond donors (Lipinski definition) is 1. The van der Waals surface area contributed by atoms with E-state index in [4.69, 9.17) is 4.99 Å². The molecule has 2 aliphatic rings. The number of aliphatic imine (C=N–C) groups is 1. The van der Waals surface area contributed by atoms with Crippen LogP contribution in [0.3, 0.4) is 0 Å². The van der Waals surface area contributed by atoms with E-state index in [0.29, 0.717) is 5.92 Å². The highest BCUT2D eigenvalue weighted by atomic mass is 16.1. The van der Waals surface area contributed by atoms with Gasteiger partial charge in [-0.15, -0.1) is 0 Å². The van der Waals surface area contributed by atoms with E-state index in [1.54, 1.807) is 6.07 Å². The molecular formula is C25H26N2O. The van der Waals surface area contributed by atoms with Crippen LogP contribution in [-0.2, 0) is 12.0 Å². The monoisotopic (exact) mass is 370 g/mol. The number of nitrogens with zero attached hydrogens (tertiary/aromatic N) is 1. The molecule has 0 saturated carbocycles. The summed E-state index contributed by atoms with van der Waals surface area (Å²) in [6.45, 7) is 6.39. The van der Waals surface area contributed by atoms with Crippen molar-refractivity contribution in [1.82, 2.24) is 4.98 Å². The fourth-order valence-electron chi connectivity index (χ4n) is 4.74. The molecule has 2 bridgehead atoms. The first kappa shape index (κ1) is 18.4. The summed E-state index contributed by atoms with van der Waals surface area (Å²) in [6.07, 6.45) is 12.3. The Morgan fingerprint density at radius 1 is 1.18 bits per heavy atom. The van der Waals surface area contributed by atoms with Crippen molar-refractivity contribution in [3.05, 3.63) is 98.5 Å². The lowest BCUT2D eigenvalue weighted by Crippen LogP contribution is -2.40. The third kappa shape index (κ3) is 3.11. The van der Waals surface area contributed by atoms with Gasteiger partial charge in [-0.2, -0.15) is 0 Å². The van der Waals surface area contributed by atoms with Crippen LogP contribution in [0.2, 0.25) is 0 Å². The molecule has 28 heavy (non-hydrogen) atoms. The molecule has 142 valence electrons. The van der Waals surface area contributed by atoms with E-state index in [2.05, 4.69) is 62.2 Å². The van der Waals surface area contributed by atoms with Gasteiger partial charge in [0.25, 0.3) is 0 Å². The first-order valence-corrected chi connectivity index (χ1v) is 9.87. The van der Waals surface area contributed by atoms with Crippen molar-refractivity contribution in [1.29, 1.82) is 0 Å². The molecule has 0 saturated heterocycles. The van der Waals surface area contributed by atoms with Gasteiger partial charge in [0, 0.05) is 35.9 Å². The first-order chi connectivity index (χ1) is 13.5. The molecule has 2 aromatic rings. The number of fused-ring (bicyclic) bond motifs is 4. The largest absolute Gasteiger partial charge is 0.326 e. The summed E-state index contributed by atoms with van der Waals surface area (Å²) in [6, 6.07) is 11.9. The maximum atomic E-state index is 11.9. The number of H-pyrrole nitrogens is 1. The van der Waals surface area contributed by atoms with Crippen LogP contribution in [0.5, 0.6) is 0 Å². The van der Waals surface area contributed by atoms with Crippen LogP contribution in [0.4, 0.5) is 0 Å². The van der Waals surface area contributed by atoms with Gasteiger partial charge < -0.3 is 4.98 Å². The lowest BCUT2D eigenvalue weighted by Gasteiger charge is -2.45. The van der Waals surface area contributed by atoms with E-state index in [1.807, 2.05) is 24.4 Å². The molecule has 4 rings (SSSR count). The topological polar surface area (TPSA) is 45.2 Å². The SMILES string of the molecule is C/C=C1\[C@H]2C=C(C)C[C@]1(/N=C/C=C/c1ccccc1C)c1ccc(=O)[nH]c1C2. The molecular weight excluding hydrogens is 344 g/mol. The van der Waals surface area contributed by atoms with Gasteiger partial charge in [-0.1, -0.05) is 48.1 Å². The fourth-order valence-corrected chi connectivity index (χ4v) is 4.74. The average molecular weight is 370 g/mol. The Labute approximate surface area is 166 Å². The summed E-state index contributed by atoms with van der Waals surface area (Å²) >= 11 is 0. The molecule has 2 atom stereocenters. The van der Waals surface area contributed by atoms with E-state index in [-0.39, 0.29) is 5.56 Å². The minimum atomic E-state index is -0.424. The van der Waals surface area contributed by atoms with Gasteiger partial charge in [0.15, 0.2) is 0 Å². The summed E-state index contributed by atoms with van der Waals surface area (Å²) in [5, 5.41) is 0. The van der Waals surface area contributed by atoms with Gasteiger partial charge >= 0.3 is 0 Å². The minimum absolute atomic E-state index is 0.0416. The molecule has 0 aliphatic heterocycles. The lowest BCUT2D eigenvalue weighted by molar-refractivity contribution is 0.413. The van der Waals surface area contributed by atoms with Crippen molar-refractivity contribution in [2.24, 2.45) is 10.9 Å². The van der Waals surface area contributed by atoms with Gasteiger partial charge in [0.2, 0.25) is 5.56 Å². The minimum Gasteiger partial charge on any atom is -0.326 e. The lowest BCUT2D eigenvalue weighted by atomic mass is 9.63. The number of hydrogen-bond acceptors (Lipinski definition) is 2. The average Bonchev–Trinajstić information content (AvgIpc) is 2.65. The van der Waals surface area contributed by atoms with E-state index in [1.165, 1.54) is 22.3 Å². The van der Waals surface area contributed by atoms with Gasteiger partial charge in [0.1, 0.15) is 5.54 Å². The summed E-state index contributed by atoms with van der Waals surface area (Å²) in [5.74, 6) is 0.293. The van der Waals surface area contributed by atoms with Gasteiger partial charge in [-0.05, 0) is 56.0 Å². The van der Waals surface area contributed by atoms with Crippen molar-refractivity contribution in [3.63, 3.8) is 0 Å². The zero-order valence-electron chi connectivity index (χ0n) is 16.7. The van der Waals surface area contributed by atoms with Crippen molar-refractivity contribution < 1.29 is 0 Å². The predicted octanol–water partition coefficient (Wildman–Crippen LogP) is 5.13. The molecule has 0 unspecified atom stereocenters. The summed E-state index contributed by atoms with van der Waals surface area (Å²) < 4.78 is 0. The van der Waals surface area contributed by atoms with Crippen LogP contribution in [0.1, 0.15) is 42.7 Å². The van der Waals surface area contributed by atoms with Crippen molar-refractivity contribution in [2.75, 3.05) is 0 Å². The van der Waals surface area contributed by atoms with Crippen LogP contribution in [-0.4, -0.2) is 11.2 Å². The predicted molar refractivity (Wildman–Crippen MR) is 117 cm³/mol. The smallest absolute Gasteiger partial charge is 0.248 e. The number of pyridine rings is 1. The molecule has 0 spiro atoms. The number of allylic oxidation sites excluding steroid dienone is 3. The second-order valence-corrected chi connectivity index (χ2v) is 7.81. The molecule has 1 aromatic carbocycles. The van der Waals surface area contributed by atoms with E-state index >= 15 is 0 Å². The van der Waals surface area contributed by atoms with E-state index in [0.717, 1.165) is 24.1 Å². The van der Waals surface area contributed by atoms with Gasteiger partial charge in [-0.3, -0.25) is 9.79 Å². The fraction of sp³-hybridized carbons (Fsp3) is 0.280. The highest BCUT2D eigenvalue weighted by Gasteiger charge is 2.46. The Morgan fingerprint density at radius 2 is 2.00 bits per heavy atom. The first-order valence-electron chi connectivity index (χ1n) is 9.87. The zero-order valence-corrected chi connectivity index (χ0v) is 16.7. The Kier molecular flexibility index (Phi) is 4.76. The number of aromatic amines is 1. The molecule has 3 nitrogen and oxygen atoms in total. The third-order valence-corrected chi connectivity index (χ3v) is 5.92. The maximum Gasteiger partial charge on any atom is 0.248 e. The van der Waals surface area contributed by atoms with Crippen LogP contribution in [0, 0.1) is 12.8 Å². The molecule has 2 aliphatic carbocycles. The number of rotatable bonds is 3. The van der Waals surface area contributed by atoms with E-state index < -0.39 is 5.54 Å². The molecule has 0 fully saturated rings. The molecule has 1 N–H and O–H groups in total.